The van der Waals surface area contributed by atoms with E-state index in [4.69, 9.17) is 9.97 Å². The van der Waals surface area contributed by atoms with Crippen LogP contribution in [-0.4, -0.2) is 26.6 Å². The van der Waals surface area contributed by atoms with E-state index in [1.54, 1.807) is 0 Å². The normalized spacial score (nSPS) is 21.6. The van der Waals surface area contributed by atoms with Crippen molar-refractivity contribution >= 4 is 27.5 Å². The average molecular weight is 609 g/mol. The number of anilines is 1. The SMILES string of the molecule is c1ccc(-c2cccc(-c3cc(-n4c5ccccc5c5ccccc54)nc(-c4cccc(N5C6CC7CC(C6)CC5C7)c4)n3)c2)cc1. The van der Waals surface area contributed by atoms with Crippen molar-refractivity contribution in [2.45, 2.75) is 44.2 Å². The first-order valence-electron chi connectivity index (χ1n) is 17.2. The molecule has 2 aliphatic carbocycles. The maximum Gasteiger partial charge on any atom is 0.162 e. The highest BCUT2D eigenvalue weighted by molar-refractivity contribution is 6.09. The molecular formula is C43H36N4. The van der Waals surface area contributed by atoms with Gasteiger partial charge in [-0.15, -0.1) is 0 Å². The number of rotatable bonds is 5. The molecular weight excluding hydrogens is 573 g/mol. The highest BCUT2D eigenvalue weighted by atomic mass is 15.2. The van der Waals surface area contributed by atoms with Crippen LogP contribution in [0.3, 0.4) is 0 Å². The Hall–Kier alpha value is -5.22. The van der Waals surface area contributed by atoms with Crippen LogP contribution >= 0.6 is 0 Å². The lowest BCUT2D eigenvalue weighted by molar-refractivity contribution is 0.0900. The highest BCUT2D eigenvalue weighted by Crippen LogP contribution is 2.50. The number of fused-ring (bicyclic) bond motifs is 3. The van der Waals surface area contributed by atoms with Crippen LogP contribution in [0.1, 0.15) is 32.1 Å². The Labute approximate surface area is 275 Å². The summed E-state index contributed by atoms with van der Waals surface area (Å²) >= 11 is 0. The summed E-state index contributed by atoms with van der Waals surface area (Å²) in [6.45, 7) is 0. The molecule has 2 saturated heterocycles. The lowest BCUT2D eigenvalue weighted by Gasteiger charge is -2.57. The Kier molecular flexibility index (Phi) is 6.12. The highest BCUT2D eigenvalue weighted by Gasteiger charge is 2.46. The molecule has 0 unspecified atom stereocenters. The second kappa shape index (κ2) is 10.7. The number of para-hydroxylation sites is 2. The molecule has 4 heterocycles. The fourth-order valence-electron chi connectivity index (χ4n) is 9.24. The van der Waals surface area contributed by atoms with E-state index in [0.29, 0.717) is 12.1 Å². The molecule has 2 aliphatic heterocycles. The van der Waals surface area contributed by atoms with Crippen molar-refractivity contribution in [2.75, 3.05) is 4.90 Å². The monoisotopic (exact) mass is 608 g/mol. The van der Waals surface area contributed by atoms with Gasteiger partial charge in [-0.3, -0.25) is 4.57 Å². The molecule has 0 amide bonds. The van der Waals surface area contributed by atoms with Crippen molar-refractivity contribution in [3.8, 4) is 39.6 Å². The molecule has 11 rings (SSSR count). The average Bonchev–Trinajstić information content (AvgIpc) is 3.46. The van der Waals surface area contributed by atoms with Crippen molar-refractivity contribution in [3.63, 3.8) is 0 Å². The minimum absolute atomic E-state index is 0.669. The van der Waals surface area contributed by atoms with E-state index < -0.39 is 0 Å². The number of hydrogen-bond donors (Lipinski definition) is 0. The first kappa shape index (κ1) is 26.9. The second-order valence-corrected chi connectivity index (χ2v) is 13.9. The van der Waals surface area contributed by atoms with E-state index in [9.17, 15) is 0 Å². The molecule has 4 heteroatoms. The molecule has 0 N–H and O–H groups in total. The molecule has 2 saturated carbocycles. The first-order chi connectivity index (χ1) is 23.2. The van der Waals surface area contributed by atoms with Crippen LogP contribution in [0.2, 0.25) is 0 Å². The van der Waals surface area contributed by atoms with Gasteiger partial charge < -0.3 is 4.90 Å². The number of aromatic nitrogens is 3. The smallest absolute Gasteiger partial charge is 0.162 e. The third-order valence-corrected chi connectivity index (χ3v) is 11.1. The van der Waals surface area contributed by atoms with Gasteiger partial charge in [0.25, 0.3) is 0 Å². The Balaban J connectivity index is 1.16. The van der Waals surface area contributed by atoms with E-state index in [1.807, 2.05) is 0 Å². The topological polar surface area (TPSA) is 34.0 Å². The van der Waals surface area contributed by atoms with Crippen LogP contribution < -0.4 is 4.90 Å². The van der Waals surface area contributed by atoms with Crippen LogP contribution in [0.4, 0.5) is 5.69 Å². The maximum absolute atomic E-state index is 5.36. The molecule has 0 radical (unpaired) electrons. The molecule has 7 aromatic rings. The fraction of sp³-hybridized carbons (Fsp3) is 0.209. The molecule has 47 heavy (non-hydrogen) atoms. The van der Waals surface area contributed by atoms with Crippen molar-refractivity contribution in [1.29, 1.82) is 0 Å². The molecule has 4 fully saturated rings. The van der Waals surface area contributed by atoms with Crippen LogP contribution in [0.15, 0.2) is 133 Å². The van der Waals surface area contributed by atoms with Gasteiger partial charge >= 0.3 is 0 Å². The fourth-order valence-corrected chi connectivity index (χ4v) is 9.24. The summed E-state index contributed by atoms with van der Waals surface area (Å²) in [4.78, 5) is 13.4. The summed E-state index contributed by atoms with van der Waals surface area (Å²) in [5.74, 6) is 3.50. The van der Waals surface area contributed by atoms with Gasteiger partial charge in [-0.1, -0.05) is 97.1 Å². The second-order valence-electron chi connectivity index (χ2n) is 13.9. The quantitative estimate of drug-likeness (QED) is 0.195. The predicted molar refractivity (Wildman–Crippen MR) is 193 cm³/mol. The number of hydrogen-bond acceptors (Lipinski definition) is 3. The lowest BCUT2D eigenvalue weighted by atomic mass is 9.63. The van der Waals surface area contributed by atoms with Gasteiger partial charge in [-0.05, 0) is 85.4 Å². The molecule has 2 aromatic heterocycles. The maximum atomic E-state index is 5.36. The van der Waals surface area contributed by atoms with Gasteiger partial charge in [0.2, 0.25) is 0 Å². The van der Waals surface area contributed by atoms with Gasteiger partial charge in [0.05, 0.1) is 16.7 Å². The molecule has 228 valence electrons. The van der Waals surface area contributed by atoms with Crippen molar-refractivity contribution in [1.82, 2.24) is 14.5 Å². The van der Waals surface area contributed by atoms with Crippen LogP contribution in [0.5, 0.6) is 0 Å². The Morgan fingerprint density at radius 2 is 1.06 bits per heavy atom. The van der Waals surface area contributed by atoms with Gasteiger partial charge in [-0.2, -0.15) is 0 Å². The summed E-state index contributed by atoms with van der Waals surface area (Å²) < 4.78 is 2.31. The van der Waals surface area contributed by atoms with E-state index in [2.05, 4.69) is 143 Å². The van der Waals surface area contributed by atoms with Crippen molar-refractivity contribution in [3.05, 3.63) is 133 Å². The van der Waals surface area contributed by atoms with E-state index in [1.165, 1.54) is 59.7 Å². The van der Waals surface area contributed by atoms with Crippen LogP contribution in [0, 0.1) is 11.8 Å². The zero-order chi connectivity index (χ0) is 30.9. The van der Waals surface area contributed by atoms with Gasteiger partial charge in [-0.25, -0.2) is 9.97 Å². The molecule has 0 spiro atoms. The molecule has 5 aromatic carbocycles. The summed E-state index contributed by atoms with van der Waals surface area (Å²) in [6.07, 6.45) is 6.84. The minimum Gasteiger partial charge on any atom is -0.366 e. The van der Waals surface area contributed by atoms with E-state index in [0.717, 1.165) is 51.3 Å². The number of piperidine rings is 2. The summed E-state index contributed by atoms with van der Waals surface area (Å²) in [6, 6.07) is 49.2. The zero-order valence-electron chi connectivity index (χ0n) is 26.3. The van der Waals surface area contributed by atoms with Crippen LogP contribution in [0.25, 0.3) is 61.4 Å². The van der Waals surface area contributed by atoms with E-state index in [-0.39, 0.29) is 0 Å². The predicted octanol–water partition coefficient (Wildman–Crippen LogP) is 10.3. The summed E-state index contributed by atoms with van der Waals surface area (Å²) in [5.41, 5.74) is 9.07. The van der Waals surface area contributed by atoms with Gasteiger partial charge in [0.15, 0.2) is 5.82 Å². The van der Waals surface area contributed by atoms with Gasteiger partial charge in [0.1, 0.15) is 5.82 Å². The van der Waals surface area contributed by atoms with Crippen molar-refractivity contribution < 1.29 is 0 Å². The zero-order valence-corrected chi connectivity index (χ0v) is 26.3. The Bertz CT molecular complexity index is 2200. The number of nitrogens with zero attached hydrogens (tertiary/aromatic N) is 4. The molecule has 4 aliphatic rings. The first-order valence-corrected chi connectivity index (χ1v) is 17.2. The number of benzene rings is 5. The van der Waals surface area contributed by atoms with Gasteiger partial charge in [0, 0.05) is 45.7 Å². The lowest BCUT2D eigenvalue weighted by Crippen LogP contribution is -2.58. The Morgan fingerprint density at radius 1 is 0.468 bits per heavy atom. The molecule has 0 atom stereocenters. The minimum atomic E-state index is 0.669. The molecule has 4 bridgehead atoms. The Morgan fingerprint density at radius 3 is 1.79 bits per heavy atom. The van der Waals surface area contributed by atoms with Crippen molar-refractivity contribution in [2.24, 2.45) is 11.8 Å². The molecule has 4 nitrogen and oxygen atoms in total. The third kappa shape index (κ3) is 4.50. The van der Waals surface area contributed by atoms with Crippen LogP contribution in [-0.2, 0) is 0 Å². The summed E-state index contributed by atoms with van der Waals surface area (Å²) in [5, 5.41) is 2.46. The largest absolute Gasteiger partial charge is 0.366 e. The summed E-state index contributed by atoms with van der Waals surface area (Å²) in [7, 11) is 0. The third-order valence-electron chi connectivity index (χ3n) is 11.1. The van der Waals surface area contributed by atoms with E-state index >= 15 is 0 Å². The standard InChI is InChI=1S/C43H36N4/c1-2-10-30(11-3-1)31-12-8-13-32(25-31)39-27-42(47-40-18-6-4-16-37(40)38-17-5-7-19-41(38)47)45-43(44-39)33-14-9-15-34(26-33)46-35-21-28-20-29(23-35)24-36(46)22-28/h1-19,25-29,35-36H,20-24H2.